The standard InChI is InChI=1S/C13H18N2O3/c1-14-15-13(16)9-17-8-10-4-5-12-11(7-10)3-2-6-18-12/h4-5,7,14H,2-3,6,8-9H2,1H3,(H,15,16). The molecule has 1 aliphatic heterocycles. The second-order valence-electron chi connectivity index (χ2n) is 4.19. The zero-order valence-corrected chi connectivity index (χ0v) is 10.5. The lowest BCUT2D eigenvalue weighted by Gasteiger charge is -2.17. The maximum absolute atomic E-state index is 11.1. The van der Waals surface area contributed by atoms with Crippen molar-refractivity contribution in [2.75, 3.05) is 20.3 Å². The first-order chi connectivity index (χ1) is 8.79. The Morgan fingerprint density at radius 3 is 3.22 bits per heavy atom. The lowest BCUT2D eigenvalue weighted by molar-refractivity contribution is -0.126. The highest BCUT2D eigenvalue weighted by atomic mass is 16.5. The molecule has 5 heteroatoms. The fourth-order valence-electron chi connectivity index (χ4n) is 1.94. The highest BCUT2D eigenvalue weighted by molar-refractivity contribution is 5.76. The van der Waals surface area contributed by atoms with E-state index in [9.17, 15) is 4.79 Å². The van der Waals surface area contributed by atoms with Gasteiger partial charge in [-0.25, -0.2) is 5.43 Å². The molecule has 18 heavy (non-hydrogen) atoms. The lowest BCUT2D eigenvalue weighted by atomic mass is 10.0. The van der Waals surface area contributed by atoms with Gasteiger partial charge in [-0.15, -0.1) is 0 Å². The number of nitrogens with one attached hydrogen (secondary N) is 2. The van der Waals surface area contributed by atoms with Crippen molar-refractivity contribution in [2.24, 2.45) is 0 Å². The van der Waals surface area contributed by atoms with Crippen LogP contribution in [0.5, 0.6) is 5.75 Å². The monoisotopic (exact) mass is 250 g/mol. The summed E-state index contributed by atoms with van der Waals surface area (Å²) in [7, 11) is 1.64. The maximum Gasteiger partial charge on any atom is 0.260 e. The van der Waals surface area contributed by atoms with E-state index in [4.69, 9.17) is 9.47 Å². The number of benzene rings is 1. The number of fused-ring (bicyclic) bond motifs is 1. The van der Waals surface area contributed by atoms with E-state index in [-0.39, 0.29) is 12.5 Å². The van der Waals surface area contributed by atoms with Crippen molar-refractivity contribution in [1.29, 1.82) is 0 Å². The molecule has 1 aliphatic rings. The van der Waals surface area contributed by atoms with Crippen LogP contribution >= 0.6 is 0 Å². The number of hydrogen-bond donors (Lipinski definition) is 2. The normalized spacial score (nSPS) is 13.6. The average molecular weight is 250 g/mol. The van der Waals surface area contributed by atoms with E-state index >= 15 is 0 Å². The first-order valence-corrected chi connectivity index (χ1v) is 6.07. The Hall–Kier alpha value is -1.59. The van der Waals surface area contributed by atoms with Crippen LogP contribution in [0.1, 0.15) is 17.5 Å². The van der Waals surface area contributed by atoms with Crippen LogP contribution in [-0.2, 0) is 22.6 Å². The third-order valence-electron chi connectivity index (χ3n) is 2.74. The van der Waals surface area contributed by atoms with Crippen LogP contribution in [0, 0.1) is 0 Å². The van der Waals surface area contributed by atoms with Gasteiger partial charge in [-0.2, -0.15) is 0 Å². The summed E-state index contributed by atoms with van der Waals surface area (Å²) in [6.07, 6.45) is 2.10. The van der Waals surface area contributed by atoms with E-state index in [1.54, 1.807) is 7.05 Å². The molecule has 0 fully saturated rings. The molecule has 1 aromatic carbocycles. The average Bonchev–Trinajstić information content (AvgIpc) is 2.39. The summed E-state index contributed by atoms with van der Waals surface area (Å²) in [5.74, 6) is 0.789. The third-order valence-corrected chi connectivity index (χ3v) is 2.74. The van der Waals surface area contributed by atoms with E-state index in [2.05, 4.69) is 16.9 Å². The number of carbonyl (C=O) groups excluding carboxylic acids is 1. The van der Waals surface area contributed by atoms with Crippen LogP contribution in [0.25, 0.3) is 0 Å². The number of hydrazine groups is 1. The minimum absolute atomic E-state index is 0.0500. The quantitative estimate of drug-likeness (QED) is 0.758. The number of carbonyl (C=O) groups is 1. The molecule has 2 rings (SSSR count). The highest BCUT2D eigenvalue weighted by Gasteiger charge is 2.10. The topological polar surface area (TPSA) is 59.6 Å². The zero-order valence-electron chi connectivity index (χ0n) is 10.5. The van der Waals surface area contributed by atoms with Crippen LogP contribution in [0.2, 0.25) is 0 Å². The summed E-state index contributed by atoms with van der Waals surface area (Å²) in [6, 6.07) is 6.03. The molecule has 1 amide bonds. The zero-order chi connectivity index (χ0) is 12.8. The molecule has 98 valence electrons. The van der Waals surface area contributed by atoms with Gasteiger partial charge in [0.2, 0.25) is 0 Å². The summed E-state index contributed by atoms with van der Waals surface area (Å²) >= 11 is 0. The second-order valence-corrected chi connectivity index (χ2v) is 4.19. The van der Waals surface area contributed by atoms with Crippen molar-refractivity contribution in [2.45, 2.75) is 19.4 Å². The summed E-state index contributed by atoms with van der Waals surface area (Å²) in [5.41, 5.74) is 7.30. The van der Waals surface area contributed by atoms with E-state index in [0.717, 1.165) is 30.8 Å². The Morgan fingerprint density at radius 1 is 1.50 bits per heavy atom. The molecule has 0 radical (unpaired) electrons. The molecule has 1 heterocycles. The fraction of sp³-hybridized carbons (Fsp3) is 0.462. The van der Waals surface area contributed by atoms with Crippen LogP contribution in [0.15, 0.2) is 18.2 Å². The number of aryl methyl sites for hydroxylation is 1. The summed E-state index contributed by atoms with van der Waals surface area (Å²) in [4.78, 5) is 11.1. The van der Waals surface area contributed by atoms with Crippen LogP contribution in [0.3, 0.4) is 0 Å². The van der Waals surface area contributed by atoms with Crippen molar-refractivity contribution in [3.8, 4) is 5.75 Å². The minimum Gasteiger partial charge on any atom is -0.493 e. The molecule has 2 N–H and O–H groups in total. The number of amides is 1. The number of hydrogen-bond acceptors (Lipinski definition) is 4. The van der Waals surface area contributed by atoms with Gasteiger partial charge in [0, 0.05) is 7.05 Å². The van der Waals surface area contributed by atoms with Crippen molar-refractivity contribution in [3.05, 3.63) is 29.3 Å². The van der Waals surface area contributed by atoms with Crippen molar-refractivity contribution >= 4 is 5.91 Å². The summed E-state index contributed by atoms with van der Waals surface area (Å²) in [6.45, 7) is 1.28. The number of ether oxygens (including phenoxy) is 2. The number of rotatable bonds is 5. The Morgan fingerprint density at radius 2 is 2.39 bits per heavy atom. The smallest absolute Gasteiger partial charge is 0.260 e. The van der Waals surface area contributed by atoms with E-state index < -0.39 is 0 Å². The van der Waals surface area contributed by atoms with Gasteiger partial charge >= 0.3 is 0 Å². The largest absolute Gasteiger partial charge is 0.493 e. The SMILES string of the molecule is CNNC(=O)COCc1ccc2c(c1)CCCO2. The van der Waals surface area contributed by atoms with Crippen molar-refractivity contribution < 1.29 is 14.3 Å². The Bertz CT molecular complexity index is 421. The minimum atomic E-state index is -0.182. The van der Waals surface area contributed by atoms with E-state index in [1.165, 1.54) is 5.56 Å². The van der Waals surface area contributed by atoms with Gasteiger partial charge in [0.15, 0.2) is 0 Å². The summed E-state index contributed by atoms with van der Waals surface area (Å²) < 4.78 is 10.9. The van der Waals surface area contributed by atoms with Crippen molar-refractivity contribution in [3.63, 3.8) is 0 Å². The molecular formula is C13H18N2O3. The molecule has 0 atom stereocenters. The molecule has 0 spiro atoms. The lowest BCUT2D eigenvalue weighted by Crippen LogP contribution is -2.36. The Labute approximate surface area is 106 Å². The molecule has 0 saturated heterocycles. The second kappa shape index (κ2) is 6.37. The van der Waals surface area contributed by atoms with Gasteiger partial charge in [-0.3, -0.25) is 10.2 Å². The first-order valence-electron chi connectivity index (χ1n) is 6.07. The van der Waals surface area contributed by atoms with Gasteiger partial charge in [0.05, 0.1) is 13.2 Å². The predicted molar refractivity (Wildman–Crippen MR) is 67.1 cm³/mol. The van der Waals surface area contributed by atoms with Gasteiger partial charge in [0.25, 0.3) is 5.91 Å². The predicted octanol–water partition coefficient (Wildman–Crippen LogP) is 0.779. The van der Waals surface area contributed by atoms with Crippen LogP contribution in [-0.4, -0.2) is 26.2 Å². The highest BCUT2D eigenvalue weighted by Crippen LogP contribution is 2.25. The molecular weight excluding hydrogens is 232 g/mol. The van der Waals surface area contributed by atoms with E-state index in [1.807, 2.05) is 12.1 Å². The molecule has 1 aromatic rings. The molecule has 0 saturated carbocycles. The van der Waals surface area contributed by atoms with Gasteiger partial charge in [-0.05, 0) is 36.1 Å². The summed E-state index contributed by atoms with van der Waals surface area (Å²) in [5, 5.41) is 0. The van der Waals surface area contributed by atoms with E-state index in [0.29, 0.717) is 6.61 Å². The molecule has 5 nitrogen and oxygen atoms in total. The molecule has 0 aromatic heterocycles. The maximum atomic E-state index is 11.1. The van der Waals surface area contributed by atoms with Gasteiger partial charge in [0.1, 0.15) is 12.4 Å². The first kappa shape index (κ1) is 12.9. The molecule has 0 aliphatic carbocycles. The fourth-order valence-corrected chi connectivity index (χ4v) is 1.94. The Kier molecular flexibility index (Phi) is 4.55. The van der Waals surface area contributed by atoms with Crippen LogP contribution in [0.4, 0.5) is 0 Å². The van der Waals surface area contributed by atoms with Crippen LogP contribution < -0.4 is 15.6 Å². The van der Waals surface area contributed by atoms with Crippen molar-refractivity contribution in [1.82, 2.24) is 10.9 Å². The third kappa shape index (κ3) is 3.45. The van der Waals surface area contributed by atoms with Gasteiger partial charge < -0.3 is 9.47 Å². The molecule has 0 unspecified atom stereocenters. The molecule has 0 bridgehead atoms. The Balaban J connectivity index is 1.84. The van der Waals surface area contributed by atoms with Gasteiger partial charge in [-0.1, -0.05) is 6.07 Å².